The third kappa shape index (κ3) is 7.49. The highest BCUT2D eigenvalue weighted by molar-refractivity contribution is 5.79. The van der Waals surface area contributed by atoms with E-state index in [1.165, 1.54) is 25.7 Å². The molecule has 2 rings (SSSR count). The molecule has 146 valence electrons. The summed E-state index contributed by atoms with van der Waals surface area (Å²) < 4.78 is 36.7. The topological polar surface area (TPSA) is 52.6 Å². The van der Waals surface area contributed by atoms with Crippen LogP contribution >= 0.6 is 0 Å². The predicted octanol–water partition coefficient (Wildman–Crippen LogP) is 3.47. The van der Waals surface area contributed by atoms with Crippen LogP contribution in [0.5, 0.6) is 0 Å². The van der Waals surface area contributed by atoms with Gasteiger partial charge < -0.3 is 15.5 Å². The second-order valence-electron chi connectivity index (χ2n) is 6.41. The van der Waals surface area contributed by atoms with Gasteiger partial charge >= 0.3 is 6.18 Å². The van der Waals surface area contributed by atoms with Crippen molar-refractivity contribution in [3.8, 4) is 0 Å². The molecule has 0 saturated carbocycles. The molecule has 26 heavy (non-hydrogen) atoms. The lowest BCUT2D eigenvalue weighted by molar-refractivity contribution is -0.132. The first-order valence-electron chi connectivity index (χ1n) is 9.27. The second-order valence-corrected chi connectivity index (χ2v) is 6.41. The van der Waals surface area contributed by atoms with E-state index in [4.69, 9.17) is 0 Å². The van der Waals surface area contributed by atoms with Crippen LogP contribution in [0.4, 0.5) is 19.0 Å². The molecule has 0 amide bonds. The maximum Gasteiger partial charge on any atom is 0.390 e. The van der Waals surface area contributed by atoms with Crippen LogP contribution in [-0.4, -0.2) is 43.3 Å². The molecule has 1 aliphatic heterocycles. The summed E-state index contributed by atoms with van der Waals surface area (Å²) in [7, 11) is 0. The third-order valence-corrected chi connectivity index (χ3v) is 4.20. The summed E-state index contributed by atoms with van der Waals surface area (Å²) in [5, 5.41) is 5.66. The lowest BCUT2D eigenvalue weighted by Crippen LogP contribution is -2.38. The minimum absolute atomic E-state index is 0.193. The number of hydrogen-bond donors (Lipinski definition) is 2. The summed E-state index contributed by atoms with van der Waals surface area (Å²) in [5.41, 5.74) is 0.927. The first kappa shape index (κ1) is 20.3. The maximum atomic E-state index is 12.2. The molecule has 1 aliphatic rings. The first-order chi connectivity index (χ1) is 12.5. The van der Waals surface area contributed by atoms with Gasteiger partial charge in [-0.05, 0) is 31.4 Å². The molecular formula is C18H28F3N5. The summed E-state index contributed by atoms with van der Waals surface area (Å²) in [6.45, 7) is 4.72. The fourth-order valence-corrected chi connectivity index (χ4v) is 2.83. The van der Waals surface area contributed by atoms with Gasteiger partial charge in [0.2, 0.25) is 0 Å². The van der Waals surface area contributed by atoms with E-state index < -0.39 is 12.6 Å². The van der Waals surface area contributed by atoms with Crippen LogP contribution in [0.15, 0.2) is 23.3 Å². The van der Waals surface area contributed by atoms with E-state index in [0.717, 1.165) is 24.5 Å². The van der Waals surface area contributed by atoms with E-state index in [0.29, 0.717) is 19.0 Å². The summed E-state index contributed by atoms with van der Waals surface area (Å²) in [6.07, 6.45) is 1.69. The lowest BCUT2D eigenvalue weighted by Gasteiger charge is -2.21. The van der Waals surface area contributed by atoms with Crippen LogP contribution in [-0.2, 0) is 6.54 Å². The summed E-state index contributed by atoms with van der Waals surface area (Å²) in [5.74, 6) is 1.36. The molecule has 0 unspecified atom stereocenters. The number of hydrogen-bond acceptors (Lipinski definition) is 3. The molecule has 0 aromatic carbocycles. The molecule has 2 N–H and O–H groups in total. The first-order valence-corrected chi connectivity index (χ1v) is 9.27. The Morgan fingerprint density at radius 1 is 1.15 bits per heavy atom. The fourth-order valence-electron chi connectivity index (χ4n) is 2.83. The van der Waals surface area contributed by atoms with Crippen molar-refractivity contribution >= 4 is 11.8 Å². The second kappa shape index (κ2) is 10.2. The molecule has 1 aromatic heterocycles. The van der Waals surface area contributed by atoms with Crippen LogP contribution < -0.4 is 15.5 Å². The van der Waals surface area contributed by atoms with E-state index in [9.17, 15) is 13.2 Å². The Bertz CT molecular complexity index is 549. The highest BCUT2D eigenvalue weighted by Crippen LogP contribution is 2.18. The number of guanidine groups is 1. The van der Waals surface area contributed by atoms with Gasteiger partial charge in [-0.15, -0.1) is 0 Å². The molecule has 0 atom stereocenters. The Morgan fingerprint density at radius 2 is 1.88 bits per heavy atom. The number of pyridine rings is 1. The number of nitrogens with zero attached hydrogens (tertiary/aromatic N) is 3. The van der Waals surface area contributed by atoms with Crippen molar-refractivity contribution in [2.24, 2.45) is 4.99 Å². The zero-order chi connectivity index (χ0) is 18.8. The normalized spacial score (nSPS) is 16.3. The van der Waals surface area contributed by atoms with Crippen molar-refractivity contribution in [3.05, 3.63) is 23.9 Å². The van der Waals surface area contributed by atoms with Crippen LogP contribution in [0, 0.1) is 0 Å². The molecule has 0 bridgehead atoms. The molecule has 0 aliphatic carbocycles. The van der Waals surface area contributed by atoms with Gasteiger partial charge in [0.05, 0.1) is 13.0 Å². The number of halogens is 3. The van der Waals surface area contributed by atoms with Gasteiger partial charge in [0, 0.05) is 32.4 Å². The smallest absolute Gasteiger partial charge is 0.357 e. The van der Waals surface area contributed by atoms with Crippen LogP contribution in [0.25, 0.3) is 0 Å². The zero-order valence-electron chi connectivity index (χ0n) is 15.3. The Kier molecular flexibility index (Phi) is 8.00. The minimum Gasteiger partial charge on any atom is -0.357 e. The number of nitrogens with one attached hydrogen (secondary N) is 2. The molecular weight excluding hydrogens is 343 g/mol. The molecule has 5 nitrogen and oxygen atoms in total. The van der Waals surface area contributed by atoms with Crippen LogP contribution in [0.2, 0.25) is 0 Å². The summed E-state index contributed by atoms with van der Waals surface area (Å²) in [6, 6.07) is 3.98. The van der Waals surface area contributed by atoms with Gasteiger partial charge in [0.15, 0.2) is 5.96 Å². The number of rotatable bonds is 6. The SMILES string of the molecule is CCNC(=NCc1ccc(N2CCCCCC2)nc1)NCCC(F)(F)F. The molecule has 8 heteroatoms. The Morgan fingerprint density at radius 3 is 2.46 bits per heavy atom. The third-order valence-electron chi connectivity index (χ3n) is 4.20. The number of alkyl halides is 3. The predicted molar refractivity (Wildman–Crippen MR) is 98.4 cm³/mol. The van der Waals surface area contributed by atoms with Crippen molar-refractivity contribution < 1.29 is 13.2 Å². The van der Waals surface area contributed by atoms with E-state index in [2.05, 4.69) is 25.5 Å². The van der Waals surface area contributed by atoms with Gasteiger partial charge in [-0.25, -0.2) is 9.98 Å². The van der Waals surface area contributed by atoms with Crippen molar-refractivity contribution in [3.63, 3.8) is 0 Å². The van der Waals surface area contributed by atoms with E-state index in [-0.39, 0.29) is 6.54 Å². The Labute approximate surface area is 153 Å². The van der Waals surface area contributed by atoms with E-state index in [1.807, 2.05) is 19.1 Å². The molecule has 0 radical (unpaired) electrons. The summed E-state index contributed by atoms with van der Waals surface area (Å²) >= 11 is 0. The molecule has 1 aromatic rings. The minimum atomic E-state index is -4.17. The van der Waals surface area contributed by atoms with Gasteiger partial charge in [0.1, 0.15) is 5.82 Å². The van der Waals surface area contributed by atoms with Gasteiger partial charge in [-0.1, -0.05) is 18.9 Å². The van der Waals surface area contributed by atoms with Crippen molar-refractivity contribution in [1.82, 2.24) is 15.6 Å². The standard InChI is InChI=1S/C18H28F3N5/c1-2-22-17(23-10-9-18(19,20)21)25-14-15-7-8-16(24-13-15)26-11-5-3-4-6-12-26/h7-8,13H,2-6,9-12,14H2,1H3,(H2,22,23,25). The highest BCUT2D eigenvalue weighted by Gasteiger charge is 2.26. The quantitative estimate of drug-likeness (QED) is 0.594. The summed E-state index contributed by atoms with van der Waals surface area (Å²) in [4.78, 5) is 11.2. The van der Waals surface area contributed by atoms with E-state index >= 15 is 0 Å². The number of aromatic nitrogens is 1. The van der Waals surface area contributed by atoms with Gasteiger partial charge in [0.25, 0.3) is 0 Å². The molecule has 2 heterocycles. The molecule has 1 fully saturated rings. The lowest BCUT2D eigenvalue weighted by atomic mass is 10.2. The average molecular weight is 371 g/mol. The number of anilines is 1. The highest BCUT2D eigenvalue weighted by atomic mass is 19.4. The Balaban J connectivity index is 1.89. The molecule has 1 saturated heterocycles. The average Bonchev–Trinajstić information content (AvgIpc) is 2.88. The largest absolute Gasteiger partial charge is 0.390 e. The van der Waals surface area contributed by atoms with Crippen LogP contribution in [0.1, 0.15) is 44.6 Å². The van der Waals surface area contributed by atoms with Gasteiger partial charge in [-0.2, -0.15) is 13.2 Å². The monoisotopic (exact) mass is 371 g/mol. The van der Waals surface area contributed by atoms with Gasteiger partial charge in [-0.3, -0.25) is 0 Å². The van der Waals surface area contributed by atoms with Crippen LogP contribution in [0.3, 0.4) is 0 Å². The number of aliphatic imine (C=N–C) groups is 1. The van der Waals surface area contributed by atoms with Crippen molar-refractivity contribution in [1.29, 1.82) is 0 Å². The molecule has 0 spiro atoms. The zero-order valence-corrected chi connectivity index (χ0v) is 15.3. The van der Waals surface area contributed by atoms with Crippen molar-refractivity contribution in [2.75, 3.05) is 31.1 Å². The maximum absolute atomic E-state index is 12.2. The Hall–Kier alpha value is -1.99. The van der Waals surface area contributed by atoms with Crippen molar-refractivity contribution in [2.45, 2.75) is 51.7 Å². The fraction of sp³-hybridized carbons (Fsp3) is 0.667. The van der Waals surface area contributed by atoms with E-state index in [1.54, 1.807) is 6.20 Å².